The highest BCUT2D eigenvalue weighted by molar-refractivity contribution is 6.09. The quantitative estimate of drug-likeness (QED) is 0.921. The maximum absolute atomic E-state index is 12.3. The van der Waals surface area contributed by atoms with Gasteiger partial charge in [-0.2, -0.15) is 0 Å². The molecule has 110 valence electrons. The average molecular weight is 296 g/mol. The van der Waals surface area contributed by atoms with E-state index < -0.39 is 11.4 Å². The second-order valence-corrected chi connectivity index (χ2v) is 5.42. The summed E-state index contributed by atoms with van der Waals surface area (Å²) in [7, 11) is 0. The molecule has 2 aromatic carbocycles. The summed E-state index contributed by atoms with van der Waals surface area (Å²) < 4.78 is 10.6. The number of carboxylic acids is 1. The summed E-state index contributed by atoms with van der Waals surface area (Å²) in [5, 5.41) is 9.91. The molecule has 0 bridgehead atoms. The lowest BCUT2D eigenvalue weighted by molar-refractivity contribution is -0.141. The Morgan fingerprint density at radius 2 is 1.86 bits per heavy atom. The molecule has 5 heteroatoms. The first-order chi connectivity index (χ1) is 10.6. The fourth-order valence-corrected chi connectivity index (χ4v) is 3.26. The summed E-state index contributed by atoms with van der Waals surface area (Å²) in [6, 6.07) is 11.9. The fourth-order valence-electron chi connectivity index (χ4n) is 3.26. The predicted octanol–water partition coefficient (Wildman–Crippen LogP) is 2.37. The molecule has 1 atom stereocenters. The number of carbonyl (C=O) groups excluding carboxylic acids is 1. The standard InChI is InChI=1S/C17H12O5/c18-13-8-17(16(19)20,12-4-2-1-3-11(12)13)10-5-6-14-15(7-10)22-9-21-14/h1-7H,8-9H2,(H,19,20). The number of rotatable bonds is 2. The van der Waals surface area contributed by atoms with E-state index in [0.29, 0.717) is 28.2 Å². The van der Waals surface area contributed by atoms with Crippen LogP contribution in [0.15, 0.2) is 42.5 Å². The second-order valence-electron chi connectivity index (χ2n) is 5.42. The Kier molecular flexibility index (Phi) is 2.54. The van der Waals surface area contributed by atoms with Crippen molar-refractivity contribution in [2.24, 2.45) is 0 Å². The molecular weight excluding hydrogens is 284 g/mol. The van der Waals surface area contributed by atoms with E-state index in [1.165, 1.54) is 0 Å². The van der Waals surface area contributed by atoms with Crippen molar-refractivity contribution in [1.82, 2.24) is 0 Å². The Bertz CT molecular complexity index is 810. The van der Waals surface area contributed by atoms with Gasteiger partial charge in [-0.1, -0.05) is 30.3 Å². The van der Waals surface area contributed by atoms with Gasteiger partial charge in [0.05, 0.1) is 0 Å². The molecule has 1 unspecified atom stereocenters. The molecule has 22 heavy (non-hydrogen) atoms. The third kappa shape index (κ3) is 1.53. The first-order valence-electron chi connectivity index (χ1n) is 6.89. The van der Waals surface area contributed by atoms with Crippen molar-refractivity contribution < 1.29 is 24.2 Å². The third-order valence-corrected chi connectivity index (χ3v) is 4.34. The van der Waals surface area contributed by atoms with Crippen molar-refractivity contribution in [2.45, 2.75) is 11.8 Å². The van der Waals surface area contributed by atoms with Gasteiger partial charge in [0.25, 0.3) is 0 Å². The van der Waals surface area contributed by atoms with Crippen LogP contribution in [0.25, 0.3) is 0 Å². The summed E-state index contributed by atoms with van der Waals surface area (Å²) in [6.45, 7) is 0.119. The molecule has 0 aromatic heterocycles. The average Bonchev–Trinajstić information content (AvgIpc) is 3.10. The number of carboxylic acid groups (broad SMARTS) is 1. The number of ketones is 1. The number of aliphatic carboxylic acids is 1. The first kappa shape index (κ1) is 12.9. The minimum absolute atomic E-state index is 0.0820. The van der Waals surface area contributed by atoms with Gasteiger partial charge >= 0.3 is 5.97 Å². The number of benzene rings is 2. The number of ether oxygens (including phenoxy) is 2. The summed E-state index contributed by atoms with van der Waals surface area (Å²) in [4.78, 5) is 24.4. The van der Waals surface area contributed by atoms with Crippen molar-refractivity contribution in [3.63, 3.8) is 0 Å². The van der Waals surface area contributed by atoms with Crippen LogP contribution in [0.2, 0.25) is 0 Å². The maximum atomic E-state index is 12.3. The number of hydrogen-bond acceptors (Lipinski definition) is 4. The van der Waals surface area contributed by atoms with E-state index in [1.807, 2.05) is 0 Å². The van der Waals surface area contributed by atoms with E-state index in [2.05, 4.69) is 0 Å². The SMILES string of the molecule is O=C1CC(C(=O)O)(c2ccc3c(c2)OCO3)c2ccccc21. The van der Waals surface area contributed by atoms with Gasteiger partial charge in [-0.25, -0.2) is 0 Å². The molecule has 2 aromatic rings. The highest BCUT2D eigenvalue weighted by Crippen LogP contribution is 2.46. The monoisotopic (exact) mass is 296 g/mol. The lowest BCUT2D eigenvalue weighted by atomic mass is 9.75. The van der Waals surface area contributed by atoms with Crippen molar-refractivity contribution in [3.8, 4) is 11.5 Å². The number of carbonyl (C=O) groups is 2. The molecule has 4 rings (SSSR count). The fraction of sp³-hybridized carbons (Fsp3) is 0.176. The zero-order chi connectivity index (χ0) is 15.3. The Balaban J connectivity index is 1.97. The van der Waals surface area contributed by atoms with E-state index >= 15 is 0 Å². The lowest BCUT2D eigenvalue weighted by Gasteiger charge is -2.25. The molecule has 0 amide bonds. The highest BCUT2D eigenvalue weighted by atomic mass is 16.7. The highest BCUT2D eigenvalue weighted by Gasteiger charge is 2.51. The van der Waals surface area contributed by atoms with E-state index in [0.717, 1.165) is 0 Å². The molecule has 0 radical (unpaired) electrons. The van der Waals surface area contributed by atoms with Crippen molar-refractivity contribution in [3.05, 3.63) is 59.2 Å². The molecule has 1 N–H and O–H groups in total. The third-order valence-electron chi connectivity index (χ3n) is 4.34. The zero-order valence-corrected chi connectivity index (χ0v) is 11.5. The summed E-state index contributed by atoms with van der Waals surface area (Å²) in [5.41, 5.74) is 0.172. The van der Waals surface area contributed by atoms with Gasteiger partial charge < -0.3 is 14.6 Å². The van der Waals surface area contributed by atoms with Crippen LogP contribution in [0.3, 0.4) is 0 Å². The van der Waals surface area contributed by atoms with Gasteiger partial charge in [0, 0.05) is 12.0 Å². The number of hydrogen-bond donors (Lipinski definition) is 1. The molecule has 1 aliphatic carbocycles. The molecule has 0 fully saturated rings. The van der Waals surface area contributed by atoms with Crippen molar-refractivity contribution in [2.75, 3.05) is 6.79 Å². The van der Waals surface area contributed by atoms with E-state index in [9.17, 15) is 14.7 Å². The van der Waals surface area contributed by atoms with Crippen LogP contribution < -0.4 is 9.47 Å². The molecular formula is C17H12O5. The lowest BCUT2D eigenvalue weighted by Crippen LogP contribution is -2.35. The van der Waals surface area contributed by atoms with E-state index in [1.54, 1.807) is 42.5 Å². The van der Waals surface area contributed by atoms with Crippen LogP contribution >= 0.6 is 0 Å². The molecule has 5 nitrogen and oxygen atoms in total. The van der Waals surface area contributed by atoms with Gasteiger partial charge in [0.1, 0.15) is 5.41 Å². The van der Waals surface area contributed by atoms with E-state index in [4.69, 9.17) is 9.47 Å². The van der Waals surface area contributed by atoms with Gasteiger partial charge in [0.2, 0.25) is 6.79 Å². The molecule has 1 aliphatic heterocycles. The Morgan fingerprint density at radius 3 is 2.68 bits per heavy atom. The van der Waals surface area contributed by atoms with Gasteiger partial charge in [-0.05, 0) is 23.3 Å². The normalized spacial score (nSPS) is 21.7. The molecule has 2 aliphatic rings. The van der Waals surface area contributed by atoms with Crippen molar-refractivity contribution >= 4 is 11.8 Å². The van der Waals surface area contributed by atoms with Crippen LogP contribution in [0.1, 0.15) is 27.9 Å². The van der Waals surface area contributed by atoms with Crippen LogP contribution in [-0.2, 0) is 10.2 Å². The van der Waals surface area contributed by atoms with Crippen LogP contribution in [-0.4, -0.2) is 23.7 Å². The maximum Gasteiger partial charge on any atom is 0.319 e. The largest absolute Gasteiger partial charge is 0.480 e. The molecule has 0 saturated carbocycles. The topological polar surface area (TPSA) is 72.8 Å². The molecule has 0 saturated heterocycles. The predicted molar refractivity (Wildman–Crippen MR) is 76.4 cm³/mol. The Morgan fingerprint density at radius 1 is 1.09 bits per heavy atom. The summed E-state index contributed by atoms with van der Waals surface area (Å²) in [6.07, 6.45) is -0.0820. The Labute approximate surface area is 126 Å². The van der Waals surface area contributed by atoms with Crippen LogP contribution in [0.4, 0.5) is 0 Å². The van der Waals surface area contributed by atoms with Crippen LogP contribution in [0.5, 0.6) is 11.5 Å². The van der Waals surface area contributed by atoms with Gasteiger partial charge in [0.15, 0.2) is 17.3 Å². The van der Waals surface area contributed by atoms with Gasteiger partial charge in [-0.15, -0.1) is 0 Å². The van der Waals surface area contributed by atoms with Crippen molar-refractivity contribution in [1.29, 1.82) is 0 Å². The zero-order valence-electron chi connectivity index (χ0n) is 11.5. The minimum Gasteiger partial charge on any atom is -0.480 e. The number of Topliss-reactive ketones (excluding diaryl/α,β-unsaturated/α-hetero) is 1. The summed E-state index contributed by atoms with van der Waals surface area (Å²) in [5.74, 6) is -0.0998. The Hall–Kier alpha value is -2.82. The smallest absolute Gasteiger partial charge is 0.319 e. The van der Waals surface area contributed by atoms with E-state index in [-0.39, 0.29) is 19.0 Å². The van der Waals surface area contributed by atoms with Crippen LogP contribution in [0, 0.1) is 0 Å². The molecule has 0 spiro atoms. The molecule has 1 heterocycles. The second kappa shape index (κ2) is 4.34. The summed E-state index contributed by atoms with van der Waals surface area (Å²) >= 11 is 0. The number of fused-ring (bicyclic) bond motifs is 2. The first-order valence-corrected chi connectivity index (χ1v) is 6.89. The van der Waals surface area contributed by atoms with Gasteiger partial charge in [-0.3, -0.25) is 9.59 Å². The minimum atomic E-state index is -1.37.